The van der Waals surface area contributed by atoms with Crippen LogP contribution < -0.4 is 0 Å². The molecule has 0 saturated heterocycles. The number of ketones is 2. The van der Waals surface area contributed by atoms with Crippen molar-refractivity contribution in [3.63, 3.8) is 0 Å². The fraction of sp³-hybridized carbons (Fsp3) is 0.882. The summed E-state index contributed by atoms with van der Waals surface area (Å²) >= 11 is 0. The third-order valence-electron chi connectivity index (χ3n) is 5.95. The monoisotopic (exact) mass is 264 g/mol. The maximum Gasteiger partial charge on any atom is 0.136 e. The average molecular weight is 264 g/mol. The average Bonchev–Trinajstić information content (AvgIpc) is 2.30. The normalized spacial score (nSPS) is 41.7. The van der Waals surface area contributed by atoms with E-state index in [1.165, 1.54) is 0 Å². The quantitative estimate of drug-likeness (QED) is 0.775. The number of carbonyl (C=O) groups is 2. The molecule has 2 saturated carbocycles. The van der Waals surface area contributed by atoms with Gasteiger partial charge < -0.3 is 4.79 Å². The lowest BCUT2D eigenvalue weighted by Gasteiger charge is -2.57. The molecule has 5 unspecified atom stereocenters. The van der Waals surface area contributed by atoms with Crippen LogP contribution in [0.5, 0.6) is 0 Å². The smallest absolute Gasteiger partial charge is 0.136 e. The van der Waals surface area contributed by atoms with Gasteiger partial charge in [0.25, 0.3) is 0 Å². The van der Waals surface area contributed by atoms with Gasteiger partial charge in [-0.25, -0.2) is 0 Å². The predicted molar refractivity (Wildman–Crippen MR) is 76.7 cm³/mol. The summed E-state index contributed by atoms with van der Waals surface area (Å²) in [6, 6.07) is 0. The minimum Gasteiger partial charge on any atom is -0.300 e. The highest BCUT2D eigenvalue weighted by atomic mass is 16.1. The lowest BCUT2D eigenvalue weighted by Crippen LogP contribution is -2.55. The Bertz CT molecular complexity index is 383. The van der Waals surface area contributed by atoms with Gasteiger partial charge in [0.15, 0.2) is 0 Å². The van der Waals surface area contributed by atoms with Gasteiger partial charge in [-0.2, -0.15) is 0 Å². The number of hydrogen-bond donors (Lipinski definition) is 0. The van der Waals surface area contributed by atoms with E-state index in [9.17, 15) is 9.59 Å². The molecule has 0 aromatic carbocycles. The van der Waals surface area contributed by atoms with Gasteiger partial charge in [-0.05, 0) is 48.9 Å². The van der Waals surface area contributed by atoms with E-state index in [0.717, 1.165) is 19.3 Å². The van der Waals surface area contributed by atoms with Gasteiger partial charge >= 0.3 is 0 Å². The van der Waals surface area contributed by atoms with E-state index in [2.05, 4.69) is 27.7 Å². The SMILES string of the molecule is CC(=O)CC1C(C)C(C)C1C1C(=O)CCCC1(C)C. The molecule has 0 spiro atoms. The van der Waals surface area contributed by atoms with Crippen molar-refractivity contribution < 1.29 is 9.59 Å². The first kappa shape index (κ1) is 14.7. The predicted octanol–water partition coefficient (Wildman–Crippen LogP) is 3.88. The second kappa shape index (κ2) is 5.03. The van der Waals surface area contributed by atoms with Crippen molar-refractivity contribution in [2.45, 2.75) is 60.3 Å². The van der Waals surface area contributed by atoms with Crippen molar-refractivity contribution in [1.29, 1.82) is 0 Å². The molecule has 2 aliphatic carbocycles. The van der Waals surface area contributed by atoms with E-state index in [1.807, 2.05) is 0 Å². The van der Waals surface area contributed by atoms with Gasteiger partial charge in [0, 0.05) is 18.8 Å². The van der Waals surface area contributed by atoms with Gasteiger partial charge in [-0.1, -0.05) is 27.7 Å². The van der Waals surface area contributed by atoms with E-state index < -0.39 is 0 Å². The molecule has 0 heterocycles. The van der Waals surface area contributed by atoms with Crippen LogP contribution in [-0.4, -0.2) is 11.6 Å². The number of Topliss-reactive ketones (excluding diaryl/α,β-unsaturated/α-hetero) is 2. The maximum absolute atomic E-state index is 12.4. The Balaban J connectivity index is 2.22. The number of hydrogen-bond acceptors (Lipinski definition) is 2. The fourth-order valence-electron chi connectivity index (χ4n) is 4.74. The molecule has 0 bridgehead atoms. The molecule has 108 valence electrons. The Morgan fingerprint density at radius 2 is 1.89 bits per heavy atom. The van der Waals surface area contributed by atoms with E-state index in [0.29, 0.717) is 35.9 Å². The summed E-state index contributed by atoms with van der Waals surface area (Å²) in [6.45, 7) is 10.7. The molecule has 2 rings (SSSR count). The molecule has 0 aliphatic heterocycles. The van der Waals surface area contributed by atoms with E-state index in [-0.39, 0.29) is 17.1 Å². The fourth-order valence-corrected chi connectivity index (χ4v) is 4.74. The van der Waals surface area contributed by atoms with Crippen LogP contribution in [0.2, 0.25) is 0 Å². The first-order chi connectivity index (χ1) is 8.75. The van der Waals surface area contributed by atoms with Crippen LogP contribution in [0.1, 0.15) is 60.3 Å². The topological polar surface area (TPSA) is 34.1 Å². The Kier molecular flexibility index (Phi) is 3.90. The van der Waals surface area contributed by atoms with Crippen molar-refractivity contribution in [3.8, 4) is 0 Å². The van der Waals surface area contributed by atoms with Crippen LogP contribution in [0.4, 0.5) is 0 Å². The zero-order valence-corrected chi connectivity index (χ0v) is 13.0. The molecule has 0 aromatic rings. The summed E-state index contributed by atoms with van der Waals surface area (Å²) in [6.07, 6.45) is 3.60. The van der Waals surface area contributed by atoms with Crippen LogP contribution in [0.3, 0.4) is 0 Å². The van der Waals surface area contributed by atoms with Crippen LogP contribution in [0.15, 0.2) is 0 Å². The van der Waals surface area contributed by atoms with Crippen LogP contribution in [0, 0.1) is 35.0 Å². The van der Waals surface area contributed by atoms with E-state index in [1.54, 1.807) is 6.92 Å². The third-order valence-corrected chi connectivity index (χ3v) is 5.95. The van der Waals surface area contributed by atoms with Crippen LogP contribution in [-0.2, 0) is 9.59 Å². The molecule has 2 heteroatoms. The molecule has 19 heavy (non-hydrogen) atoms. The number of carbonyl (C=O) groups excluding carboxylic acids is 2. The van der Waals surface area contributed by atoms with Crippen molar-refractivity contribution >= 4 is 11.6 Å². The minimum atomic E-state index is 0.115. The molecule has 2 nitrogen and oxygen atoms in total. The lowest BCUT2D eigenvalue weighted by molar-refractivity contribution is -0.150. The second-order valence-corrected chi connectivity index (χ2v) is 7.65. The van der Waals surface area contributed by atoms with Crippen LogP contribution in [0.25, 0.3) is 0 Å². The molecule has 5 atom stereocenters. The van der Waals surface area contributed by atoms with Gasteiger partial charge in [-0.3, -0.25) is 4.79 Å². The van der Waals surface area contributed by atoms with Gasteiger partial charge in [0.05, 0.1) is 0 Å². The highest BCUT2D eigenvalue weighted by molar-refractivity contribution is 5.83. The molecule has 0 radical (unpaired) electrons. The van der Waals surface area contributed by atoms with Crippen LogP contribution >= 0.6 is 0 Å². The van der Waals surface area contributed by atoms with Gasteiger partial charge in [-0.15, -0.1) is 0 Å². The Hall–Kier alpha value is -0.660. The summed E-state index contributed by atoms with van der Waals surface area (Å²) < 4.78 is 0. The lowest BCUT2D eigenvalue weighted by atomic mass is 9.47. The summed E-state index contributed by atoms with van der Waals surface area (Å²) in [4.78, 5) is 23.9. The summed E-state index contributed by atoms with van der Waals surface area (Å²) in [5.41, 5.74) is 0.115. The highest BCUT2D eigenvalue weighted by Crippen LogP contribution is 2.57. The minimum absolute atomic E-state index is 0.115. The third kappa shape index (κ3) is 2.51. The zero-order chi connectivity index (χ0) is 14.4. The van der Waals surface area contributed by atoms with Crippen molar-refractivity contribution in [1.82, 2.24) is 0 Å². The molecular formula is C17H28O2. The highest BCUT2D eigenvalue weighted by Gasteiger charge is 2.55. The largest absolute Gasteiger partial charge is 0.300 e. The maximum atomic E-state index is 12.4. The van der Waals surface area contributed by atoms with Crippen molar-refractivity contribution in [2.75, 3.05) is 0 Å². The van der Waals surface area contributed by atoms with Gasteiger partial charge in [0.2, 0.25) is 0 Å². The first-order valence-corrected chi connectivity index (χ1v) is 7.78. The first-order valence-electron chi connectivity index (χ1n) is 7.78. The standard InChI is InChI=1S/C17H28O2/c1-10(18)9-13-11(2)12(3)15(13)16-14(19)7-6-8-17(16,4)5/h11-13,15-16H,6-9H2,1-5H3. The summed E-state index contributed by atoms with van der Waals surface area (Å²) in [7, 11) is 0. The molecule has 2 fully saturated rings. The summed E-state index contributed by atoms with van der Waals surface area (Å²) in [5.74, 6) is 2.93. The summed E-state index contributed by atoms with van der Waals surface area (Å²) in [5, 5.41) is 0. The Morgan fingerprint density at radius 3 is 2.42 bits per heavy atom. The van der Waals surface area contributed by atoms with Gasteiger partial charge in [0.1, 0.15) is 11.6 Å². The molecular weight excluding hydrogens is 236 g/mol. The van der Waals surface area contributed by atoms with E-state index in [4.69, 9.17) is 0 Å². The van der Waals surface area contributed by atoms with E-state index >= 15 is 0 Å². The molecule has 0 amide bonds. The van der Waals surface area contributed by atoms with Crippen molar-refractivity contribution in [2.24, 2.45) is 35.0 Å². The molecule has 0 N–H and O–H groups in total. The number of rotatable bonds is 3. The molecule has 0 aromatic heterocycles. The zero-order valence-electron chi connectivity index (χ0n) is 13.0. The Labute approximate surface area is 117 Å². The Morgan fingerprint density at radius 1 is 1.26 bits per heavy atom. The molecule has 2 aliphatic rings. The second-order valence-electron chi connectivity index (χ2n) is 7.65. The van der Waals surface area contributed by atoms with Crippen molar-refractivity contribution in [3.05, 3.63) is 0 Å².